The van der Waals surface area contributed by atoms with Gasteiger partial charge in [-0.25, -0.2) is 0 Å². The molecule has 1 N–H and O–H groups in total. The molecule has 1 heterocycles. The standard InChI is InChI=1S/C13H17ClO3/c14-11-6-4-10(5-7-11)13-16-9-12(17-13)3-1-2-8-15/h4-7,12-13,15H,1-3,8-9H2. The Hall–Kier alpha value is -0.610. The van der Waals surface area contributed by atoms with Gasteiger partial charge in [0.05, 0.1) is 12.7 Å². The molecule has 1 aliphatic heterocycles. The Kier molecular flexibility index (Phi) is 4.80. The Balaban J connectivity index is 1.83. The highest BCUT2D eigenvalue weighted by Gasteiger charge is 2.26. The third-order valence-electron chi connectivity index (χ3n) is 2.83. The topological polar surface area (TPSA) is 38.7 Å². The van der Waals surface area contributed by atoms with E-state index in [0.29, 0.717) is 11.6 Å². The molecule has 1 fully saturated rings. The van der Waals surface area contributed by atoms with Crippen molar-refractivity contribution in [2.24, 2.45) is 0 Å². The molecule has 0 aromatic heterocycles. The van der Waals surface area contributed by atoms with Crippen LogP contribution in [0, 0.1) is 0 Å². The minimum Gasteiger partial charge on any atom is -0.396 e. The van der Waals surface area contributed by atoms with Crippen LogP contribution in [0.1, 0.15) is 31.1 Å². The largest absolute Gasteiger partial charge is 0.396 e. The highest BCUT2D eigenvalue weighted by atomic mass is 35.5. The normalized spacial score (nSPS) is 24.1. The van der Waals surface area contributed by atoms with E-state index in [1.54, 1.807) is 0 Å². The summed E-state index contributed by atoms with van der Waals surface area (Å²) >= 11 is 5.83. The number of unbranched alkanes of at least 4 members (excludes halogenated alkanes) is 1. The van der Waals surface area contributed by atoms with Gasteiger partial charge in [-0.3, -0.25) is 0 Å². The van der Waals surface area contributed by atoms with Crippen LogP contribution >= 0.6 is 11.6 Å². The number of aliphatic hydroxyl groups is 1. The van der Waals surface area contributed by atoms with Gasteiger partial charge >= 0.3 is 0 Å². The van der Waals surface area contributed by atoms with Crippen molar-refractivity contribution >= 4 is 11.6 Å². The van der Waals surface area contributed by atoms with Crippen molar-refractivity contribution in [2.75, 3.05) is 13.2 Å². The van der Waals surface area contributed by atoms with E-state index >= 15 is 0 Å². The molecule has 0 saturated carbocycles. The molecule has 94 valence electrons. The number of hydrogen-bond donors (Lipinski definition) is 1. The first-order valence-electron chi connectivity index (χ1n) is 5.93. The average Bonchev–Trinajstić information content (AvgIpc) is 2.79. The maximum atomic E-state index is 8.71. The van der Waals surface area contributed by atoms with Gasteiger partial charge in [-0.1, -0.05) is 23.7 Å². The molecule has 0 bridgehead atoms. The fourth-order valence-corrected chi connectivity index (χ4v) is 2.00. The highest BCUT2D eigenvalue weighted by molar-refractivity contribution is 6.30. The molecular weight excluding hydrogens is 240 g/mol. The summed E-state index contributed by atoms with van der Waals surface area (Å²) in [6.07, 6.45) is 2.60. The molecule has 3 nitrogen and oxygen atoms in total. The fraction of sp³-hybridized carbons (Fsp3) is 0.538. The molecule has 0 amide bonds. The van der Waals surface area contributed by atoms with E-state index in [0.717, 1.165) is 24.8 Å². The number of aliphatic hydroxyl groups excluding tert-OH is 1. The van der Waals surface area contributed by atoms with Gasteiger partial charge in [-0.15, -0.1) is 0 Å². The lowest BCUT2D eigenvalue weighted by Gasteiger charge is -2.11. The van der Waals surface area contributed by atoms with Gasteiger partial charge in [-0.05, 0) is 31.4 Å². The van der Waals surface area contributed by atoms with Crippen molar-refractivity contribution in [3.05, 3.63) is 34.9 Å². The maximum Gasteiger partial charge on any atom is 0.184 e. The second-order valence-corrected chi connectivity index (χ2v) is 4.63. The van der Waals surface area contributed by atoms with Gasteiger partial charge in [-0.2, -0.15) is 0 Å². The minimum atomic E-state index is -0.272. The molecule has 1 aliphatic rings. The van der Waals surface area contributed by atoms with Crippen LogP contribution in [0.2, 0.25) is 5.02 Å². The minimum absolute atomic E-state index is 0.141. The number of benzene rings is 1. The van der Waals surface area contributed by atoms with Gasteiger partial charge < -0.3 is 14.6 Å². The van der Waals surface area contributed by atoms with Crippen molar-refractivity contribution < 1.29 is 14.6 Å². The van der Waals surface area contributed by atoms with E-state index in [1.807, 2.05) is 24.3 Å². The number of ether oxygens (including phenoxy) is 2. The van der Waals surface area contributed by atoms with Gasteiger partial charge in [0.25, 0.3) is 0 Å². The van der Waals surface area contributed by atoms with Crippen LogP contribution in [0.4, 0.5) is 0 Å². The summed E-state index contributed by atoms with van der Waals surface area (Å²) in [6, 6.07) is 7.51. The first kappa shape index (κ1) is 12.8. The molecule has 1 aromatic carbocycles. The quantitative estimate of drug-likeness (QED) is 0.824. The Morgan fingerprint density at radius 3 is 2.71 bits per heavy atom. The molecule has 0 spiro atoms. The van der Waals surface area contributed by atoms with Gasteiger partial charge in [0, 0.05) is 17.2 Å². The van der Waals surface area contributed by atoms with Crippen molar-refractivity contribution in [2.45, 2.75) is 31.7 Å². The highest BCUT2D eigenvalue weighted by Crippen LogP contribution is 2.29. The van der Waals surface area contributed by atoms with E-state index in [2.05, 4.69) is 0 Å². The lowest BCUT2D eigenvalue weighted by molar-refractivity contribution is -0.0614. The fourth-order valence-electron chi connectivity index (χ4n) is 1.88. The molecule has 4 heteroatoms. The lowest BCUT2D eigenvalue weighted by atomic mass is 10.2. The van der Waals surface area contributed by atoms with E-state index in [4.69, 9.17) is 26.2 Å². The van der Waals surface area contributed by atoms with Crippen molar-refractivity contribution in [1.82, 2.24) is 0 Å². The first-order valence-corrected chi connectivity index (χ1v) is 6.31. The Bertz CT molecular complexity index is 339. The second-order valence-electron chi connectivity index (χ2n) is 4.19. The van der Waals surface area contributed by atoms with Crippen molar-refractivity contribution in [3.63, 3.8) is 0 Å². The van der Waals surface area contributed by atoms with Crippen LogP contribution in [0.25, 0.3) is 0 Å². The Morgan fingerprint density at radius 1 is 1.24 bits per heavy atom. The van der Waals surface area contributed by atoms with Crippen LogP contribution in [-0.2, 0) is 9.47 Å². The lowest BCUT2D eigenvalue weighted by Crippen LogP contribution is -2.09. The predicted octanol–water partition coefficient (Wildman–Crippen LogP) is 2.92. The number of rotatable bonds is 5. The van der Waals surface area contributed by atoms with Crippen LogP contribution in [-0.4, -0.2) is 24.4 Å². The summed E-state index contributed by atoms with van der Waals surface area (Å²) in [5, 5.41) is 9.43. The zero-order chi connectivity index (χ0) is 12.1. The number of halogens is 1. The smallest absolute Gasteiger partial charge is 0.184 e. The van der Waals surface area contributed by atoms with E-state index < -0.39 is 0 Å². The molecule has 0 aliphatic carbocycles. The molecule has 1 saturated heterocycles. The van der Waals surface area contributed by atoms with Gasteiger partial charge in [0.15, 0.2) is 6.29 Å². The molecule has 0 radical (unpaired) electrons. The summed E-state index contributed by atoms with van der Waals surface area (Å²) in [7, 11) is 0. The average molecular weight is 257 g/mol. The second kappa shape index (κ2) is 6.36. The monoisotopic (exact) mass is 256 g/mol. The summed E-state index contributed by atoms with van der Waals surface area (Å²) in [6.45, 7) is 0.868. The molecule has 2 unspecified atom stereocenters. The first-order chi connectivity index (χ1) is 8.29. The van der Waals surface area contributed by atoms with Crippen LogP contribution in [0.5, 0.6) is 0 Å². The zero-order valence-electron chi connectivity index (χ0n) is 9.64. The van der Waals surface area contributed by atoms with Crippen LogP contribution in [0.3, 0.4) is 0 Å². The molecule has 2 rings (SSSR count). The molecule has 1 aromatic rings. The zero-order valence-corrected chi connectivity index (χ0v) is 10.4. The number of hydrogen-bond acceptors (Lipinski definition) is 3. The summed E-state index contributed by atoms with van der Waals surface area (Å²) in [5.74, 6) is 0. The van der Waals surface area contributed by atoms with Gasteiger partial charge in [0.2, 0.25) is 0 Å². The molecular formula is C13H17ClO3. The van der Waals surface area contributed by atoms with E-state index in [9.17, 15) is 0 Å². The van der Waals surface area contributed by atoms with Gasteiger partial charge in [0.1, 0.15) is 0 Å². The van der Waals surface area contributed by atoms with Crippen molar-refractivity contribution in [3.8, 4) is 0 Å². The summed E-state index contributed by atoms with van der Waals surface area (Å²) < 4.78 is 11.4. The third kappa shape index (κ3) is 3.68. The Morgan fingerprint density at radius 2 is 2.00 bits per heavy atom. The van der Waals surface area contributed by atoms with E-state index in [-0.39, 0.29) is 19.0 Å². The predicted molar refractivity (Wildman–Crippen MR) is 66.0 cm³/mol. The SMILES string of the molecule is OCCCCC1COC(c2ccc(Cl)cc2)O1. The molecule has 2 atom stereocenters. The Labute approximate surface area is 106 Å². The summed E-state index contributed by atoms with van der Waals surface area (Å²) in [5.41, 5.74) is 0.999. The van der Waals surface area contributed by atoms with Crippen LogP contribution in [0.15, 0.2) is 24.3 Å². The maximum absolute atomic E-state index is 8.71. The van der Waals surface area contributed by atoms with Crippen LogP contribution < -0.4 is 0 Å². The van der Waals surface area contributed by atoms with E-state index in [1.165, 1.54) is 0 Å². The third-order valence-corrected chi connectivity index (χ3v) is 3.08. The molecule has 17 heavy (non-hydrogen) atoms. The van der Waals surface area contributed by atoms with Crippen molar-refractivity contribution in [1.29, 1.82) is 0 Å². The summed E-state index contributed by atoms with van der Waals surface area (Å²) in [4.78, 5) is 0.